The molecule has 1 saturated heterocycles. The van der Waals surface area contributed by atoms with Gasteiger partial charge >= 0.3 is 5.97 Å². The molecule has 0 saturated carbocycles. The maximum atomic E-state index is 12.0. The molecule has 1 unspecified atom stereocenters. The van der Waals surface area contributed by atoms with E-state index in [1.807, 2.05) is 36.1 Å². The van der Waals surface area contributed by atoms with Crippen LogP contribution in [0.2, 0.25) is 0 Å². The Balaban J connectivity index is 1.97. The van der Waals surface area contributed by atoms with Gasteiger partial charge in [0.25, 0.3) is 0 Å². The third kappa shape index (κ3) is 2.72. The third-order valence-corrected chi connectivity index (χ3v) is 4.58. The number of carbonyl (C=O) groups is 1. The molecule has 4 heteroatoms. The molecule has 22 heavy (non-hydrogen) atoms. The van der Waals surface area contributed by atoms with E-state index in [0.29, 0.717) is 32.7 Å². The van der Waals surface area contributed by atoms with E-state index in [9.17, 15) is 9.90 Å². The Morgan fingerprint density at radius 3 is 2.59 bits per heavy atom. The van der Waals surface area contributed by atoms with Crippen molar-refractivity contribution in [3.8, 4) is 0 Å². The van der Waals surface area contributed by atoms with Gasteiger partial charge in [-0.05, 0) is 23.3 Å². The average Bonchev–Trinajstić information content (AvgIpc) is 2.56. The predicted octanol–water partition coefficient (Wildman–Crippen LogP) is 2.56. The highest BCUT2D eigenvalue weighted by Gasteiger charge is 2.40. The molecule has 0 amide bonds. The summed E-state index contributed by atoms with van der Waals surface area (Å²) in [6.45, 7) is 4.33. The maximum absolute atomic E-state index is 12.0. The van der Waals surface area contributed by atoms with Gasteiger partial charge in [-0.15, -0.1) is 0 Å². The van der Waals surface area contributed by atoms with Crippen LogP contribution >= 0.6 is 0 Å². The zero-order valence-electron chi connectivity index (χ0n) is 12.8. The van der Waals surface area contributed by atoms with Crippen molar-refractivity contribution in [1.29, 1.82) is 0 Å². The van der Waals surface area contributed by atoms with Crippen molar-refractivity contribution in [2.24, 2.45) is 0 Å². The van der Waals surface area contributed by atoms with E-state index in [-0.39, 0.29) is 0 Å². The Labute approximate surface area is 130 Å². The number of aliphatic carboxylic acids is 1. The molecule has 1 N–H and O–H groups in total. The van der Waals surface area contributed by atoms with Crippen LogP contribution < -0.4 is 0 Å². The predicted molar refractivity (Wildman–Crippen MR) is 86.1 cm³/mol. The van der Waals surface area contributed by atoms with Crippen LogP contribution in [0.25, 0.3) is 10.8 Å². The first kappa shape index (κ1) is 15.0. The molecule has 3 rings (SSSR count). The molecule has 1 aliphatic heterocycles. The minimum atomic E-state index is -0.909. The van der Waals surface area contributed by atoms with Crippen molar-refractivity contribution in [3.63, 3.8) is 0 Å². The van der Waals surface area contributed by atoms with Crippen LogP contribution in [-0.4, -0.2) is 47.8 Å². The number of ether oxygens (including phenoxy) is 1. The molecule has 1 aliphatic rings. The van der Waals surface area contributed by atoms with Gasteiger partial charge in [0, 0.05) is 19.5 Å². The van der Waals surface area contributed by atoms with E-state index in [1.54, 1.807) is 0 Å². The van der Waals surface area contributed by atoms with Crippen LogP contribution in [-0.2, 0) is 16.0 Å². The van der Waals surface area contributed by atoms with Crippen LogP contribution in [0.5, 0.6) is 0 Å². The largest absolute Gasteiger partial charge is 0.480 e. The van der Waals surface area contributed by atoms with Gasteiger partial charge in [0.2, 0.25) is 0 Å². The first-order valence-electron chi connectivity index (χ1n) is 7.64. The van der Waals surface area contributed by atoms with Gasteiger partial charge in [-0.3, -0.25) is 9.69 Å². The van der Waals surface area contributed by atoms with Crippen molar-refractivity contribution < 1.29 is 14.6 Å². The fourth-order valence-corrected chi connectivity index (χ4v) is 3.20. The van der Waals surface area contributed by atoms with E-state index in [1.165, 1.54) is 0 Å². The molecule has 1 heterocycles. The van der Waals surface area contributed by atoms with Crippen LogP contribution in [0.3, 0.4) is 0 Å². The van der Waals surface area contributed by atoms with Crippen LogP contribution in [0.15, 0.2) is 42.5 Å². The van der Waals surface area contributed by atoms with Crippen LogP contribution in [0, 0.1) is 0 Å². The monoisotopic (exact) mass is 299 g/mol. The Kier molecular flexibility index (Phi) is 4.14. The number of carboxylic acids is 1. The van der Waals surface area contributed by atoms with Crippen molar-refractivity contribution in [1.82, 2.24) is 4.90 Å². The first-order valence-corrected chi connectivity index (χ1v) is 7.64. The second-order valence-corrected chi connectivity index (χ2v) is 5.99. The van der Waals surface area contributed by atoms with E-state index < -0.39 is 11.5 Å². The van der Waals surface area contributed by atoms with Gasteiger partial charge in [0.15, 0.2) is 0 Å². The quantitative estimate of drug-likeness (QED) is 0.942. The lowest BCUT2D eigenvalue weighted by atomic mass is 9.88. The zero-order valence-corrected chi connectivity index (χ0v) is 12.8. The molecule has 1 fully saturated rings. The topological polar surface area (TPSA) is 49.8 Å². The summed E-state index contributed by atoms with van der Waals surface area (Å²) in [7, 11) is 0. The summed E-state index contributed by atoms with van der Waals surface area (Å²) in [5.41, 5.74) is 0.169. The molecule has 0 radical (unpaired) electrons. The molecule has 0 aliphatic carbocycles. The standard InChI is InChI=1S/C18H21NO3/c1-18(17(20)21,19-9-11-22-12-10-19)13-15-7-4-6-14-5-2-3-8-16(14)15/h2-8H,9-13H2,1H3,(H,20,21). The number of nitrogens with zero attached hydrogens (tertiary/aromatic N) is 1. The molecule has 2 aromatic rings. The lowest BCUT2D eigenvalue weighted by Gasteiger charge is -2.40. The molecule has 0 aromatic heterocycles. The molecule has 0 spiro atoms. The zero-order chi connectivity index (χ0) is 15.6. The van der Waals surface area contributed by atoms with Crippen molar-refractivity contribution >= 4 is 16.7 Å². The van der Waals surface area contributed by atoms with Gasteiger partial charge < -0.3 is 9.84 Å². The van der Waals surface area contributed by atoms with E-state index >= 15 is 0 Å². The van der Waals surface area contributed by atoms with E-state index in [4.69, 9.17) is 4.74 Å². The molecule has 1 atom stereocenters. The SMILES string of the molecule is CC(Cc1cccc2ccccc12)(C(=O)O)N1CCOCC1. The fourth-order valence-electron chi connectivity index (χ4n) is 3.20. The minimum Gasteiger partial charge on any atom is -0.480 e. The number of carboxylic acid groups (broad SMARTS) is 1. The minimum absolute atomic E-state index is 0.490. The Morgan fingerprint density at radius 1 is 1.18 bits per heavy atom. The number of rotatable bonds is 4. The van der Waals surface area contributed by atoms with Crippen molar-refractivity contribution in [2.75, 3.05) is 26.3 Å². The third-order valence-electron chi connectivity index (χ3n) is 4.58. The normalized spacial score (nSPS) is 19.0. The summed E-state index contributed by atoms with van der Waals surface area (Å²) in [6.07, 6.45) is 0.490. The lowest BCUT2D eigenvalue weighted by Crippen LogP contribution is -2.57. The Bertz CT molecular complexity index is 674. The van der Waals surface area contributed by atoms with Crippen LogP contribution in [0.1, 0.15) is 12.5 Å². The molecule has 0 bridgehead atoms. The van der Waals surface area contributed by atoms with Gasteiger partial charge in [-0.25, -0.2) is 0 Å². The molecule has 2 aromatic carbocycles. The number of benzene rings is 2. The summed E-state index contributed by atoms with van der Waals surface area (Å²) < 4.78 is 5.36. The second-order valence-electron chi connectivity index (χ2n) is 5.99. The molecule has 116 valence electrons. The van der Waals surface area contributed by atoms with E-state index in [0.717, 1.165) is 16.3 Å². The fraction of sp³-hybridized carbons (Fsp3) is 0.389. The van der Waals surface area contributed by atoms with Gasteiger partial charge in [0.05, 0.1) is 13.2 Å². The highest BCUT2D eigenvalue weighted by molar-refractivity contribution is 5.87. The molecular weight excluding hydrogens is 278 g/mol. The van der Waals surface area contributed by atoms with Crippen molar-refractivity contribution in [2.45, 2.75) is 18.9 Å². The number of morpholine rings is 1. The summed E-state index contributed by atoms with van der Waals surface area (Å²) in [4.78, 5) is 14.0. The Morgan fingerprint density at radius 2 is 1.86 bits per heavy atom. The maximum Gasteiger partial charge on any atom is 0.324 e. The van der Waals surface area contributed by atoms with Gasteiger partial charge in [0.1, 0.15) is 5.54 Å². The molecular formula is C18H21NO3. The number of hydrogen-bond acceptors (Lipinski definition) is 3. The second kappa shape index (κ2) is 6.07. The summed E-state index contributed by atoms with van der Waals surface area (Å²) >= 11 is 0. The highest BCUT2D eigenvalue weighted by Crippen LogP contribution is 2.27. The highest BCUT2D eigenvalue weighted by atomic mass is 16.5. The lowest BCUT2D eigenvalue weighted by molar-refractivity contribution is -0.153. The summed E-state index contributed by atoms with van der Waals surface area (Å²) in [6, 6.07) is 14.2. The van der Waals surface area contributed by atoms with E-state index in [2.05, 4.69) is 18.2 Å². The summed E-state index contributed by atoms with van der Waals surface area (Å²) in [5.74, 6) is -0.776. The Hall–Kier alpha value is -1.91. The number of fused-ring (bicyclic) bond motifs is 1. The van der Waals surface area contributed by atoms with Crippen molar-refractivity contribution in [3.05, 3.63) is 48.0 Å². The van der Waals surface area contributed by atoms with Crippen LogP contribution in [0.4, 0.5) is 0 Å². The first-order chi connectivity index (χ1) is 10.6. The molecule has 4 nitrogen and oxygen atoms in total. The van der Waals surface area contributed by atoms with Gasteiger partial charge in [-0.1, -0.05) is 42.5 Å². The average molecular weight is 299 g/mol. The van der Waals surface area contributed by atoms with Gasteiger partial charge in [-0.2, -0.15) is 0 Å². The summed E-state index contributed by atoms with van der Waals surface area (Å²) in [5, 5.41) is 12.1. The smallest absolute Gasteiger partial charge is 0.324 e. The number of hydrogen-bond donors (Lipinski definition) is 1.